The van der Waals surface area contributed by atoms with E-state index in [4.69, 9.17) is 0 Å². The fraction of sp³-hybridized carbons (Fsp3) is 0.647. The van der Waals surface area contributed by atoms with Gasteiger partial charge in [0, 0.05) is 24.8 Å². The Labute approximate surface area is 118 Å². The second-order valence-corrected chi connectivity index (χ2v) is 5.89. The first-order valence-corrected chi connectivity index (χ1v) is 7.80. The molecule has 1 aliphatic heterocycles. The molecule has 0 spiro atoms. The Morgan fingerprint density at radius 1 is 1.32 bits per heavy atom. The zero-order valence-electron chi connectivity index (χ0n) is 12.7. The molecule has 0 amide bonds. The SMILES string of the molecule is CCCC(CN1CC(C)Cc2ccccc21)NCC. The largest absolute Gasteiger partial charge is 0.369 e. The van der Waals surface area contributed by atoms with Gasteiger partial charge < -0.3 is 10.2 Å². The van der Waals surface area contributed by atoms with Crippen LogP contribution in [0.2, 0.25) is 0 Å². The zero-order chi connectivity index (χ0) is 13.7. The van der Waals surface area contributed by atoms with Crippen LogP contribution >= 0.6 is 0 Å². The third kappa shape index (κ3) is 3.73. The van der Waals surface area contributed by atoms with Crippen LogP contribution < -0.4 is 10.2 Å². The van der Waals surface area contributed by atoms with Crippen LogP contribution in [-0.2, 0) is 6.42 Å². The summed E-state index contributed by atoms with van der Waals surface area (Å²) in [7, 11) is 0. The highest BCUT2D eigenvalue weighted by Gasteiger charge is 2.23. The molecule has 0 aromatic heterocycles. The van der Waals surface area contributed by atoms with Gasteiger partial charge in [-0.25, -0.2) is 0 Å². The fourth-order valence-electron chi connectivity index (χ4n) is 3.24. The lowest BCUT2D eigenvalue weighted by atomic mass is 9.93. The molecule has 1 aromatic carbocycles. The molecular formula is C17H28N2. The number of rotatable bonds is 6. The van der Waals surface area contributed by atoms with E-state index in [0.29, 0.717) is 6.04 Å². The van der Waals surface area contributed by atoms with Crippen LogP contribution in [0.3, 0.4) is 0 Å². The molecule has 19 heavy (non-hydrogen) atoms. The minimum absolute atomic E-state index is 0.619. The lowest BCUT2D eigenvalue weighted by Gasteiger charge is -2.37. The Bertz CT molecular complexity index is 383. The van der Waals surface area contributed by atoms with Crippen molar-refractivity contribution >= 4 is 5.69 Å². The highest BCUT2D eigenvalue weighted by molar-refractivity contribution is 5.55. The first kappa shape index (κ1) is 14.4. The van der Waals surface area contributed by atoms with Crippen molar-refractivity contribution in [2.45, 2.75) is 46.1 Å². The lowest BCUT2D eigenvalue weighted by molar-refractivity contribution is 0.450. The first-order chi connectivity index (χ1) is 9.24. The molecule has 106 valence electrons. The first-order valence-electron chi connectivity index (χ1n) is 7.80. The van der Waals surface area contributed by atoms with E-state index < -0.39 is 0 Å². The molecule has 1 N–H and O–H groups in total. The quantitative estimate of drug-likeness (QED) is 0.842. The number of nitrogens with zero attached hydrogens (tertiary/aromatic N) is 1. The maximum Gasteiger partial charge on any atom is 0.0399 e. The van der Waals surface area contributed by atoms with Gasteiger partial charge in [0.2, 0.25) is 0 Å². The van der Waals surface area contributed by atoms with Crippen LogP contribution in [0.1, 0.15) is 39.2 Å². The average Bonchev–Trinajstić information content (AvgIpc) is 2.39. The summed E-state index contributed by atoms with van der Waals surface area (Å²) < 4.78 is 0. The second kappa shape index (κ2) is 6.95. The number of anilines is 1. The Morgan fingerprint density at radius 3 is 2.84 bits per heavy atom. The number of hydrogen-bond acceptors (Lipinski definition) is 2. The van der Waals surface area contributed by atoms with E-state index in [9.17, 15) is 0 Å². The molecule has 0 radical (unpaired) electrons. The average molecular weight is 260 g/mol. The second-order valence-electron chi connectivity index (χ2n) is 5.89. The van der Waals surface area contributed by atoms with Crippen molar-refractivity contribution in [2.75, 3.05) is 24.5 Å². The van der Waals surface area contributed by atoms with E-state index in [0.717, 1.165) is 19.0 Å². The van der Waals surface area contributed by atoms with Crippen molar-refractivity contribution in [3.05, 3.63) is 29.8 Å². The van der Waals surface area contributed by atoms with E-state index in [2.05, 4.69) is 55.3 Å². The van der Waals surface area contributed by atoms with Crippen LogP contribution in [0.25, 0.3) is 0 Å². The van der Waals surface area contributed by atoms with Gasteiger partial charge in [-0.15, -0.1) is 0 Å². The van der Waals surface area contributed by atoms with Gasteiger partial charge in [-0.1, -0.05) is 45.4 Å². The Kier molecular flexibility index (Phi) is 5.26. The molecule has 2 unspecified atom stereocenters. The van der Waals surface area contributed by atoms with Crippen molar-refractivity contribution in [1.29, 1.82) is 0 Å². The maximum atomic E-state index is 3.63. The van der Waals surface area contributed by atoms with Crippen molar-refractivity contribution in [2.24, 2.45) is 5.92 Å². The number of nitrogens with one attached hydrogen (secondary N) is 1. The smallest absolute Gasteiger partial charge is 0.0399 e. The summed E-state index contributed by atoms with van der Waals surface area (Å²) in [5.74, 6) is 0.763. The number of benzene rings is 1. The van der Waals surface area contributed by atoms with E-state index in [1.807, 2.05) is 0 Å². The van der Waals surface area contributed by atoms with Gasteiger partial charge in [0.1, 0.15) is 0 Å². The normalized spacial score (nSPS) is 20.2. The fourth-order valence-corrected chi connectivity index (χ4v) is 3.24. The van der Waals surface area contributed by atoms with Gasteiger partial charge in [-0.05, 0) is 36.9 Å². The Morgan fingerprint density at radius 2 is 2.11 bits per heavy atom. The summed E-state index contributed by atoms with van der Waals surface area (Å²) in [5, 5.41) is 3.63. The predicted octanol–water partition coefficient (Wildman–Crippen LogP) is 3.46. The molecule has 0 fully saturated rings. The van der Waals surface area contributed by atoms with Gasteiger partial charge in [0.15, 0.2) is 0 Å². The van der Waals surface area contributed by atoms with Gasteiger partial charge in [-0.2, -0.15) is 0 Å². The monoisotopic (exact) mass is 260 g/mol. The van der Waals surface area contributed by atoms with E-state index in [1.54, 1.807) is 0 Å². The van der Waals surface area contributed by atoms with E-state index >= 15 is 0 Å². The molecule has 2 rings (SSSR count). The molecule has 0 bridgehead atoms. The highest BCUT2D eigenvalue weighted by atomic mass is 15.2. The Balaban J connectivity index is 2.10. The summed E-state index contributed by atoms with van der Waals surface area (Å²) in [5.41, 5.74) is 2.98. The predicted molar refractivity (Wildman–Crippen MR) is 83.9 cm³/mol. The number of para-hydroxylation sites is 1. The van der Waals surface area contributed by atoms with Crippen molar-refractivity contribution < 1.29 is 0 Å². The van der Waals surface area contributed by atoms with Crippen LogP contribution in [0.15, 0.2) is 24.3 Å². The van der Waals surface area contributed by atoms with Gasteiger partial charge >= 0.3 is 0 Å². The topological polar surface area (TPSA) is 15.3 Å². The molecule has 0 aliphatic carbocycles. The lowest BCUT2D eigenvalue weighted by Crippen LogP contribution is -2.44. The third-order valence-electron chi connectivity index (χ3n) is 4.00. The standard InChI is InChI=1S/C17H28N2/c1-4-8-16(18-5-2)13-19-12-14(3)11-15-9-6-7-10-17(15)19/h6-7,9-10,14,16,18H,4-5,8,11-13H2,1-3H3. The van der Waals surface area contributed by atoms with Crippen molar-refractivity contribution in [3.8, 4) is 0 Å². The summed E-state index contributed by atoms with van der Waals surface area (Å²) in [6.07, 6.45) is 3.75. The molecular weight excluding hydrogens is 232 g/mol. The molecule has 1 heterocycles. The Hall–Kier alpha value is -1.02. The molecule has 2 atom stereocenters. The van der Waals surface area contributed by atoms with Gasteiger partial charge in [-0.3, -0.25) is 0 Å². The molecule has 1 aromatic rings. The summed E-state index contributed by atoms with van der Waals surface area (Å²) in [4.78, 5) is 2.59. The molecule has 0 saturated carbocycles. The maximum absolute atomic E-state index is 3.63. The van der Waals surface area contributed by atoms with Crippen molar-refractivity contribution in [3.63, 3.8) is 0 Å². The van der Waals surface area contributed by atoms with E-state index in [1.165, 1.54) is 37.1 Å². The van der Waals surface area contributed by atoms with Crippen LogP contribution in [0.5, 0.6) is 0 Å². The summed E-state index contributed by atoms with van der Waals surface area (Å²) in [6, 6.07) is 9.54. The number of likely N-dealkylation sites (N-methyl/N-ethyl adjacent to an activating group) is 1. The summed E-state index contributed by atoms with van der Waals surface area (Å²) in [6.45, 7) is 10.2. The number of hydrogen-bond donors (Lipinski definition) is 1. The molecule has 1 aliphatic rings. The molecule has 0 saturated heterocycles. The zero-order valence-corrected chi connectivity index (χ0v) is 12.7. The van der Waals surface area contributed by atoms with Crippen LogP contribution in [0, 0.1) is 5.92 Å². The number of fused-ring (bicyclic) bond motifs is 1. The van der Waals surface area contributed by atoms with Crippen molar-refractivity contribution in [1.82, 2.24) is 5.32 Å². The van der Waals surface area contributed by atoms with Crippen LogP contribution in [-0.4, -0.2) is 25.7 Å². The van der Waals surface area contributed by atoms with Gasteiger partial charge in [0.25, 0.3) is 0 Å². The van der Waals surface area contributed by atoms with Gasteiger partial charge in [0.05, 0.1) is 0 Å². The molecule has 2 nitrogen and oxygen atoms in total. The minimum Gasteiger partial charge on any atom is -0.369 e. The van der Waals surface area contributed by atoms with Crippen LogP contribution in [0.4, 0.5) is 5.69 Å². The minimum atomic E-state index is 0.619. The summed E-state index contributed by atoms with van der Waals surface area (Å²) >= 11 is 0. The third-order valence-corrected chi connectivity index (χ3v) is 4.00. The van der Waals surface area contributed by atoms with E-state index in [-0.39, 0.29) is 0 Å². The molecule has 2 heteroatoms. The highest BCUT2D eigenvalue weighted by Crippen LogP contribution is 2.29.